The number of fused-ring (bicyclic) bond motifs is 1. The highest BCUT2D eigenvalue weighted by Crippen LogP contribution is 2.36. The highest BCUT2D eigenvalue weighted by molar-refractivity contribution is 5.95. The average Bonchev–Trinajstić information content (AvgIpc) is 2.96. The molecule has 0 spiro atoms. The van der Waals surface area contributed by atoms with Crippen LogP contribution >= 0.6 is 0 Å². The summed E-state index contributed by atoms with van der Waals surface area (Å²) in [5.74, 6) is 2.39. The third-order valence-corrected chi connectivity index (χ3v) is 5.75. The van der Waals surface area contributed by atoms with E-state index in [2.05, 4.69) is 4.57 Å². The number of hydrogen-bond donors (Lipinski definition) is 1. The van der Waals surface area contributed by atoms with E-state index < -0.39 is 5.91 Å². The lowest BCUT2D eigenvalue weighted by atomic mass is 10.1. The number of nitrogens with two attached hydrogens (primary N) is 1. The zero-order valence-electron chi connectivity index (χ0n) is 18.6. The molecule has 3 aromatic rings. The van der Waals surface area contributed by atoms with E-state index >= 15 is 0 Å². The number of aromatic nitrogens is 1. The lowest BCUT2D eigenvalue weighted by molar-refractivity contribution is 0.0999. The van der Waals surface area contributed by atoms with E-state index in [1.807, 2.05) is 49.4 Å². The molecule has 0 atom stereocenters. The van der Waals surface area contributed by atoms with Crippen molar-refractivity contribution in [2.24, 2.45) is 5.73 Å². The molecular weight excluding hydrogens is 408 g/mol. The van der Waals surface area contributed by atoms with Crippen LogP contribution in [0.3, 0.4) is 0 Å². The summed E-state index contributed by atoms with van der Waals surface area (Å²) in [6, 6.07) is 13.6. The number of hydrogen-bond acceptors (Lipinski definition) is 5. The van der Waals surface area contributed by atoms with Crippen LogP contribution in [0.2, 0.25) is 0 Å². The highest BCUT2D eigenvalue weighted by atomic mass is 16.5. The third kappa shape index (κ3) is 4.23. The normalized spacial score (nSPS) is 12.8. The van der Waals surface area contributed by atoms with E-state index in [1.54, 1.807) is 14.2 Å². The molecule has 7 heteroatoms. The predicted octanol–water partition coefficient (Wildman–Crippen LogP) is 3.98. The van der Waals surface area contributed by atoms with Gasteiger partial charge in [-0.25, -0.2) is 0 Å². The van der Waals surface area contributed by atoms with E-state index in [-0.39, 0.29) is 0 Å². The first-order valence-electron chi connectivity index (χ1n) is 10.6. The Bertz CT molecular complexity index is 1140. The highest BCUT2D eigenvalue weighted by Gasteiger charge is 2.19. The molecule has 0 saturated carbocycles. The Morgan fingerprint density at radius 2 is 1.75 bits per heavy atom. The van der Waals surface area contributed by atoms with Crippen molar-refractivity contribution >= 4 is 5.91 Å². The number of aryl methyl sites for hydroxylation is 1. The van der Waals surface area contributed by atoms with Gasteiger partial charge < -0.3 is 29.2 Å². The van der Waals surface area contributed by atoms with Gasteiger partial charge in [0.15, 0.2) is 23.0 Å². The molecule has 0 saturated heterocycles. The number of benzene rings is 2. The lowest BCUT2D eigenvalue weighted by Gasteiger charge is -2.15. The molecule has 2 N–H and O–H groups in total. The minimum absolute atomic E-state index is 0.442. The van der Waals surface area contributed by atoms with Crippen molar-refractivity contribution in [2.75, 3.05) is 27.4 Å². The van der Waals surface area contributed by atoms with Crippen LogP contribution in [-0.4, -0.2) is 37.9 Å². The van der Waals surface area contributed by atoms with Crippen molar-refractivity contribution in [1.82, 2.24) is 4.57 Å². The first-order valence-corrected chi connectivity index (χ1v) is 10.6. The number of ether oxygens (including phenoxy) is 4. The van der Waals surface area contributed by atoms with Crippen LogP contribution < -0.4 is 24.7 Å². The number of amides is 1. The lowest BCUT2D eigenvalue weighted by Crippen LogP contribution is -2.13. The van der Waals surface area contributed by atoms with Gasteiger partial charge in [0.1, 0.15) is 0 Å². The van der Waals surface area contributed by atoms with Gasteiger partial charge in [0.05, 0.1) is 33.0 Å². The topological polar surface area (TPSA) is 84.9 Å². The summed E-state index contributed by atoms with van der Waals surface area (Å²) in [5, 5.41) is 0. The summed E-state index contributed by atoms with van der Waals surface area (Å²) in [7, 11) is 3.24. The Kier molecular flexibility index (Phi) is 6.25. The molecule has 1 aliphatic rings. The second kappa shape index (κ2) is 9.26. The molecule has 168 valence electrons. The summed E-state index contributed by atoms with van der Waals surface area (Å²) < 4.78 is 24.5. The summed E-state index contributed by atoms with van der Waals surface area (Å²) >= 11 is 0. The molecule has 32 heavy (non-hydrogen) atoms. The minimum Gasteiger partial charge on any atom is -0.493 e. The second-order valence-electron chi connectivity index (χ2n) is 7.70. The summed E-state index contributed by atoms with van der Waals surface area (Å²) in [5.41, 5.74) is 9.95. The molecule has 0 unspecified atom stereocenters. The molecule has 2 aromatic carbocycles. The van der Waals surface area contributed by atoms with E-state index in [9.17, 15) is 4.79 Å². The van der Waals surface area contributed by atoms with Gasteiger partial charge in [-0.2, -0.15) is 0 Å². The van der Waals surface area contributed by atoms with Crippen molar-refractivity contribution in [1.29, 1.82) is 0 Å². The number of rotatable bonds is 7. The quantitative estimate of drug-likeness (QED) is 0.606. The van der Waals surface area contributed by atoms with Crippen molar-refractivity contribution in [3.05, 3.63) is 59.3 Å². The van der Waals surface area contributed by atoms with Gasteiger partial charge in [-0.15, -0.1) is 0 Å². The maximum atomic E-state index is 12.1. The molecule has 2 heterocycles. The Labute approximate surface area is 187 Å². The van der Waals surface area contributed by atoms with E-state index in [1.165, 1.54) is 0 Å². The Balaban J connectivity index is 1.68. The molecule has 1 aliphatic heterocycles. The largest absolute Gasteiger partial charge is 0.493 e. The van der Waals surface area contributed by atoms with Gasteiger partial charge in [0.25, 0.3) is 5.91 Å². The zero-order valence-corrected chi connectivity index (χ0v) is 18.6. The maximum Gasteiger partial charge on any atom is 0.250 e. The molecule has 1 amide bonds. The van der Waals surface area contributed by atoms with Gasteiger partial charge >= 0.3 is 0 Å². The number of carbonyl (C=O) groups excluding carboxylic acids is 1. The Hall–Kier alpha value is -3.61. The van der Waals surface area contributed by atoms with E-state index in [0.29, 0.717) is 42.6 Å². The first kappa shape index (κ1) is 21.6. The molecule has 0 radical (unpaired) electrons. The van der Waals surface area contributed by atoms with Crippen LogP contribution in [0.5, 0.6) is 23.0 Å². The standard InChI is InChI=1S/C25H28N2O5/c1-16-19(25(26)28)15-20(18-6-8-22-24(14-18)32-12-4-11-31-22)27(16)10-9-17-5-7-21(29-2)23(13-17)30-3/h5-8,13-15H,4,9-12H2,1-3H3,(H2,26,28). The number of nitrogens with zero attached hydrogens (tertiary/aromatic N) is 1. The predicted molar refractivity (Wildman–Crippen MR) is 122 cm³/mol. The summed E-state index contributed by atoms with van der Waals surface area (Å²) in [6.45, 7) is 3.83. The summed E-state index contributed by atoms with van der Waals surface area (Å²) in [6.07, 6.45) is 1.59. The fraction of sp³-hybridized carbons (Fsp3) is 0.320. The van der Waals surface area contributed by atoms with Crippen molar-refractivity contribution in [2.45, 2.75) is 26.3 Å². The van der Waals surface area contributed by atoms with E-state index in [4.69, 9.17) is 24.7 Å². The van der Waals surface area contributed by atoms with Gasteiger partial charge in [0, 0.05) is 29.9 Å². The van der Waals surface area contributed by atoms with Gasteiger partial charge in [-0.05, 0) is 55.3 Å². The van der Waals surface area contributed by atoms with Crippen molar-refractivity contribution in [3.63, 3.8) is 0 Å². The second-order valence-corrected chi connectivity index (χ2v) is 7.70. The third-order valence-electron chi connectivity index (χ3n) is 5.75. The number of primary amides is 1. The fourth-order valence-corrected chi connectivity index (χ4v) is 4.02. The zero-order chi connectivity index (χ0) is 22.7. The molecular formula is C25H28N2O5. The number of methoxy groups -OCH3 is 2. The van der Waals surface area contributed by atoms with Crippen LogP contribution in [0.25, 0.3) is 11.3 Å². The molecule has 4 rings (SSSR count). The Morgan fingerprint density at radius 3 is 2.47 bits per heavy atom. The molecule has 7 nitrogen and oxygen atoms in total. The average molecular weight is 437 g/mol. The molecule has 1 aromatic heterocycles. The van der Waals surface area contributed by atoms with Crippen LogP contribution in [-0.2, 0) is 13.0 Å². The maximum absolute atomic E-state index is 12.1. The molecule has 0 aliphatic carbocycles. The first-order chi connectivity index (χ1) is 15.5. The van der Waals surface area contributed by atoms with Crippen molar-refractivity contribution < 1.29 is 23.7 Å². The van der Waals surface area contributed by atoms with Crippen LogP contribution in [0, 0.1) is 6.92 Å². The SMILES string of the molecule is COc1ccc(CCn2c(-c3ccc4c(c3)OCCCO4)cc(C(N)=O)c2C)cc1OC. The number of carbonyl (C=O) groups is 1. The monoisotopic (exact) mass is 436 g/mol. The fourth-order valence-electron chi connectivity index (χ4n) is 4.02. The van der Waals surface area contributed by atoms with Gasteiger partial charge in [-0.3, -0.25) is 4.79 Å². The molecule has 0 fully saturated rings. The van der Waals surface area contributed by atoms with Gasteiger partial charge in [-0.1, -0.05) is 6.07 Å². The van der Waals surface area contributed by atoms with Crippen LogP contribution in [0.4, 0.5) is 0 Å². The van der Waals surface area contributed by atoms with Gasteiger partial charge in [0.2, 0.25) is 0 Å². The molecule has 0 bridgehead atoms. The summed E-state index contributed by atoms with van der Waals surface area (Å²) in [4.78, 5) is 12.1. The van der Waals surface area contributed by atoms with Crippen LogP contribution in [0.1, 0.15) is 28.0 Å². The minimum atomic E-state index is -0.442. The Morgan fingerprint density at radius 1 is 1.00 bits per heavy atom. The van der Waals surface area contributed by atoms with Crippen molar-refractivity contribution in [3.8, 4) is 34.3 Å². The van der Waals surface area contributed by atoms with E-state index in [0.717, 1.165) is 41.1 Å². The smallest absolute Gasteiger partial charge is 0.250 e. The van der Waals surface area contributed by atoms with Crippen LogP contribution in [0.15, 0.2) is 42.5 Å².